The average molecular weight is 367 g/mol. The van der Waals surface area contributed by atoms with Gasteiger partial charge in [0.05, 0.1) is 29.5 Å². The lowest BCUT2D eigenvalue weighted by atomic mass is 10.2. The summed E-state index contributed by atoms with van der Waals surface area (Å²) in [4.78, 5) is 23.2. The number of rotatable bonds is 4. The lowest BCUT2D eigenvalue weighted by molar-refractivity contribution is -0.139. The van der Waals surface area contributed by atoms with Crippen LogP contribution in [0.15, 0.2) is 5.10 Å². The van der Waals surface area contributed by atoms with Gasteiger partial charge >= 0.3 is 11.8 Å². The third-order valence-electron chi connectivity index (χ3n) is 4.41. The highest BCUT2D eigenvalue weighted by atomic mass is 32.2. The van der Waals surface area contributed by atoms with E-state index in [4.69, 9.17) is 0 Å². The van der Waals surface area contributed by atoms with Crippen LogP contribution < -0.4 is 10.7 Å². The molecular formula is C15H21N5O4S. The maximum atomic E-state index is 11.7. The topological polar surface area (TPSA) is 123 Å². The summed E-state index contributed by atoms with van der Waals surface area (Å²) in [6.07, 6.45) is 3.77. The normalized spacial score (nSPS) is 22.2. The number of aryl methyl sites for hydroxylation is 1. The first kappa shape index (κ1) is 17.6. The molecule has 1 saturated carbocycles. The minimum Gasteiger partial charge on any atom is -0.345 e. The molecule has 1 aromatic heterocycles. The first-order chi connectivity index (χ1) is 11.8. The molecule has 2 amide bonds. The second-order valence-electron chi connectivity index (χ2n) is 6.53. The van der Waals surface area contributed by atoms with Crippen LogP contribution in [-0.4, -0.2) is 53.8 Å². The highest BCUT2D eigenvalue weighted by Gasteiger charge is 2.31. The number of carbonyl (C=O) groups is 2. The van der Waals surface area contributed by atoms with E-state index in [1.807, 2.05) is 6.92 Å². The smallest absolute Gasteiger partial charge is 0.329 e. The zero-order valence-corrected chi connectivity index (χ0v) is 15.0. The van der Waals surface area contributed by atoms with E-state index in [0.29, 0.717) is 17.7 Å². The molecule has 0 spiro atoms. The van der Waals surface area contributed by atoms with E-state index >= 15 is 0 Å². The number of nitrogens with zero attached hydrogens (tertiary/aromatic N) is 3. The van der Waals surface area contributed by atoms with Crippen molar-refractivity contribution < 1.29 is 18.0 Å². The maximum Gasteiger partial charge on any atom is 0.329 e. The number of carbonyl (C=O) groups excluding carboxylic acids is 2. The van der Waals surface area contributed by atoms with Crippen molar-refractivity contribution in [3.63, 3.8) is 0 Å². The largest absolute Gasteiger partial charge is 0.345 e. The molecule has 9 nitrogen and oxygen atoms in total. The highest BCUT2D eigenvalue weighted by molar-refractivity contribution is 7.91. The number of amides is 2. The third kappa shape index (κ3) is 4.06. The molecule has 2 N–H and O–H groups in total. The Morgan fingerprint density at radius 2 is 1.96 bits per heavy atom. The Morgan fingerprint density at radius 3 is 2.56 bits per heavy atom. The van der Waals surface area contributed by atoms with E-state index in [9.17, 15) is 18.0 Å². The average Bonchev–Trinajstić information content (AvgIpc) is 3.22. The van der Waals surface area contributed by atoms with Gasteiger partial charge in [0.2, 0.25) is 0 Å². The van der Waals surface area contributed by atoms with Crippen LogP contribution in [0.5, 0.6) is 0 Å². The van der Waals surface area contributed by atoms with Gasteiger partial charge in [-0.25, -0.2) is 13.8 Å². The van der Waals surface area contributed by atoms with Crippen LogP contribution in [0, 0.1) is 13.8 Å². The lowest BCUT2D eigenvalue weighted by Gasteiger charge is -2.10. The summed E-state index contributed by atoms with van der Waals surface area (Å²) < 4.78 is 25.0. The van der Waals surface area contributed by atoms with Crippen molar-refractivity contribution in [2.45, 2.75) is 45.2 Å². The van der Waals surface area contributed by atoms with Crippen LogP contribution in [0.25, 0.3) is 0 Å². The summed E-state index contributed by atoms with van der Waals surface area (Å²) in [5.74, 6) is -1.25. The van der Waals surface area contributed by atoms with Crippen LogP contribution in [0.4, 0.5) is 0 Å². The fourth-order valence-electron chi connectivity index (χ4n) is 2.87. The predicted molar refractivity (Wildman–Crippen MR) is 90.9 cm³/mol. The van der Waals surface area contributed by atoms with Crippen molar-refractivity contribution in [2.24, 2.45) is 5.10 Å². The number of hydrogen-bond acceptors (Lipinski definition) is 6. The maximum absolute atomic E-state index is 11.7. The zero-order chi connectivity index (χ0) is 18.2. The van der Waals surface area contributed by atoms with Gasteiger partial charge in [0.1, 0.15) is 0 Å². The number of sulfone groups is 1. The van der Waals surface area contributed by atoms with Gasteiger partial charge < -0.3 is 5.32 Å². The SMILES string of the molecule is Cc1nn([C@@H]2CCS(=O)(=O)C2)c(C)c1/C=N\NC(=O)C(=O)NC1CC1. The van der Waals surface area contributed by atoms with E-state index in [1.54, 1.807) is 11.6 Å². The molecule has 1 saturated heterocycles. The Balaban J connectivity index is 1.66. The number of hydrogen-bond donors (Lipinski definition) is 2. The summed E-state index contributed by atoms with van der Waals surface area (Å²) in [7, 11) is -3.00. The van der Waals surface area contributed by atoms with Gasteiger partial charge in [-0.05, 0) is 33.1 Å². The second-order valence-corrected chi connectivity index (χ2v) is 8.76. The second kappa shape index (κ2) is 6.58. The van der Waals surface area contributed by atoms with Gasteiger partial charge in [-0.2, -0.15) is 10.2 Å². The fourth-order valence-corrected chi connectivity index (χ4v) is 4.56. The van der Waals surface area contributed by atoms with Crippen molar-refractivity contribution in [3.8, 4) is 0 Å². The van der Waals surface area contributed by atoms with Crippen LogP contribution in [0.1, 0.15) is 42.3 Å². The predicted octanol–water partition coefficient (Wildman–Crippen LogP) is -0.412. The molecule has 0 radical (unpaired) electrons. The number of aromatic nitrogens is 2. The molecule has 0 aromatic carbocycles. The summed E-state index contributed by atoms with van der Waals surface area (Å²) in [6, 6.07) is -0.0719. The van der Waals surface area contributed by atoms with Gasteiger partial charge in [0.25, 0.3) is 0 Å². The molecule has 2 fully saturated rings. The number of hydrazone groups is 1. The van der Waals surface area contributed by atoms with Crippen LogP contribution in [0.3, 0.4) is 0 Å². The molecular weight excluding hydrogens is 346 g/mol. The van der Waals surface area contributed by atoms with Gasteiger partial charge in [-0.3, -0.25) is 14.3 Å². The van der Waals surface area contributed by atoms with E-state index < -0.39 is 21.7 Å². The molecule has 2 aliphatic rings. The lowest BCUT2D eigenvalue weighted by Crippen LogP contribution is -2.38. The summed E-state index contributed by atoms with van der Waals surface area (Å²) in [5, 5.41) is 10.8. The highest BCUT2D eigenvalue weighted by Crippen LogP contribution is 2.26. The Morgan fingerprint density at radius 1 is 1.24 bits per heavy atom. The molecule has 1 atom stereocenters. The van der Waals surface area contributed by atoms with Crippen molar-refractivity contribution in [1.29, 1.82) is 0 Å². The summed E-state index contributed by atoms with van der Waals surface area (Å²) in [6.45, 7) is 3.61. The van der Waals surface area contributed by atoms with Crippen molar-refractivity contribution >= 4 is 27.9 Å². The molecule has 2 heterocycles. The van der Waals surface area contributed by atoms with Gasteiger partial charge in [0, 0.05) is 17.3 Å². The molecule has 1 aliphatic heterocycles. The Hall–Kier alpha value is -2.23. The minimum atomic E-state index is -3.00. The molecule has 10 heteroatoms. The van der Waals surface area contributed by atoms with E-state index in [2.05, 4.69) is 20.9 Å². The van der Waals surface area contributed by atoms with Gasteiger partial charge in [0.15, 0.2) is 9.84 Å². The molecule has 1 aliphatic carbocycles. The molecule has 0 unspecified atom stereocenters. The van der Waals surface area contributed by atoms with Crippen LogP contribution in [-0.2, 0) is 19.4 Å². The Labute approximate surface area is 145 Å². The molecule has 136 valence electrons. The van der Waals surface area contributed by atoms with Crippen LogP contribution >= 0.6 is 0 Å². The first-order valence-corrected chi connectivity index (χ1v) is 9.99. The Bertz CT molecular complexity index is 838. The summed E-state index contributed by atoms with van der Waals surface area (Å²) >= 11 is 0. The quantitative estimate of drug-likeness (QED) is 0.425. The third-order valence-corrected chi connectivity index (χ3v) is 6.16. The van der Waals surface area contributed by atoms with E-state index in [0.717, 1.165) is 18.5 Å². The standard InChI is InChI=1S/C15H21N5O4S/c1-9-13(7-16-18-15(22)14(21)17-11-3-4-11)10(2)20(19-9)12-5-6-25(23,24)8-12/h7,11-12H,3-6,8H2,1-2H3,(H,17,21)(H,18,22)/b16-7-/t12-/m1/s1. The molecule has 3 rings (SSSR count). The van der Waals surface area contributed by atoms with Crippen molar-refractivity contribution in [2.75, 3.05) is 11.5 Å². The summed E-state index contributed by atoms with van der Waals surface area (Å²) in [5.41, 5.74) is 4.36. The Kier molecular flexibility index (Phi) is 4.63. The fraction of sp³-hybridized carbons (Fsp3) is 0.600. The monoisotopic (exact) mass is 367 g/mol. The first-order valence-electron chi connectivity index (χ1n) is 8.17. The molecule has 0 bridgehead atoms. The molecule has 1 aromatic rings. The van der Waals surface area contributed by atoms with Crippen molar-refractivity contribution in [1.82, 2.24) is 20.5 Å². The van der Waals surface area contributed by atoms with E-state index in [-0.39, 0.29) is 23.6 Å². The zero-order valence-electron chi connectivity index (χ0n) is 14.2. The molecule has 25 heavy (non-hydrogen) atoms. The van der Waals surface area contributed by atoms with Crippen molar-refractivity contribution in [3.05, 3.63) is 17.0 Å². The minimum absolute atomic E-state index is 0.0869. The van der Waals surface area contributed by atoms with Gasteiger partial charge in [-0.15, -0.1) is 0 Å². The van der Waals surface area contributed by atoms with Crippen LogP contribution in [0.2, 0.25) is 0 Å². The van der Waals surface area contributed by atoms with E-state index in [1.165, 1.54) is 6.21 Å². The number of nitrogens with one attached hydrogen (secondary N) is 2. The van der Waals surface area contributed by atoms with Gasteiger partial charge in [-0.1, -0.05) is 0 Å².